The maximum Gasteiger partial charge on any atom is 0.357 e. The number of rotatable bonds is 3. The highest BCUT2D eigenvalue weighted by molar-refractivity contribution is 5.81. The summed E-state index contributed by atoms with van der Waals surface area (Å²) >= 11 is -0.120. The van der Waals surface area contributed by atoms with Gasteiger partial charge >= 0.3 is 21.2 Å². The number of ether oxygens (including phenoxy) is 1. The summed E-state index contributed by atoms with van der Waals surface area (Å²) < 4.78 is 8.05. The third-order valence-electron chi connectivity index (χ3n) is 2.98. The molecule has 0 aliphatic rings. The van der Waals surface area contributed by atoms with E-state index in [2.05, 4.69) is 54.6 Å². The Balaban J connectivity index is 1.87. The molecule has 19 heavy (non-hydrogen) atoms. The molecular formula is C17H14IO+. The highest BCUT2D eigenvalue weighted by atomic mass is 127. The molecule has 0 aromatic heterocycles. The number of benzene rings is 3. The molecule has 3 aromatic rings. The van der Waals surface area contributed by atoms with Crippen LogP contribution in [0.4, 0.5) is 0 Å². The standard InChI is InChI=1S/C17H14IO/c1-19-17-10-8-15(9-11-17)18-16-7-6-13-4-2-3-5-14(13)12-16/h2-12H,1H3/q+1. The van der Waals surface area contributed by atoms with E-state index in [9.17, 15) is 0 Å². The van der Waals surface area contributed by atoms with Gasteiger partial charge in [-0.15, -0.1) is 0 Å². The van der Waals surface area contributed by atoms with E-state index in [0.717, 1.165) is 5.75 Å². The molecule has 0 spiro atoms. The number of hydrogen-bond donors (Lipinski definition) is 0. The number of hydrogen-bond acceptors (Lipinski definition) is 1. The first-order valence-electron chi connectivity index (χ1n) is 6.13. The molecular weight excluding hydrogens is 347 g/mol. The minimum Gasteiger partial charge on any atom is -0.497 e. The minimum absolute atomic E-state index is 0.120. The molecule has 3 aromatic carbocycles. The maximum absolute atomic E-state index is 5.19. The molecule has 0 atom stereocenters. The molecule has 0 bridgehead atoms. The van der Waals surface area contributed by atoms with Gasteiger partial charge in [-0.2, -0.15) is 0 Å². The van der Waals surface area contributed by atoms with Gasteiger partial charge in [-0.25, -0.2) is 0 Å². The van der Waals surface area contributed by atoms with Crippen LogP contribution in [0.3, 0.4) is 0 Å². The summed E-state index contributed by atoms with van der Waals surface area (Å²) in [7, 11) is 1.70. The van der Waals surface area contributed by atoms with Crippen molar-refractivity contribution in [3.05, 3.63) is 73.9 Å². The molecule has 94 valence electrons. The summed E-state index contributed by atoms with van der Waals surface area (Å²) in [4.78, 5) is 0. The quantitative estimate of drug-likeness (QED) is 0.632. The van der Waals surface area contributed by atoms with Gasteiger partial charge in [0.1, 0.15) is 5.75 Å². The van der Waals surface area contributed by atoms with Crippen molar-refractivity contribution in [1.82, 2.24) is 0 Å². The van der Waals surface area contributed by atoms with E-state index < -0.39 is 0 Å². The van der Waals surface area contributed by atoms with Crippen LogP contribution in [0, 0.1) is 7.14 Å². The molecule has 2 heteroatoms. The van der Waals surface area contributed by atoms with Crippen LogP contribution in [-0.2, 0) is 0 Å². The minimum atomic E-state index is -0.120. The molecule has 1 nitrogen and oxygen atoms in total. The van der Waals surface area contributed by atoms with Crippen LogP contribution in [0.15, 0.2) is 66.7 Å². The Hall–Kier alpha value is -1.55. The van der Waals surface area contributed by atoms with Crippen molar-refractivity contribution >= 4 is 10.8 Å². The van der Waals surface area contributed by atoms with Gasteiger partial charge in [0.2, 0.25) is 0 Å². The molecule has 0 heterocycles. The van der Waals surface area contributed by atoms with Crippen LogP contribution in [-0.4, -0.2) is 7.11 Å². The second-order valence-corrected chi connectivity index (χ2v) is 7.27. The van der Waals surface area contributed by atoms with Gasteiger partial charge in [0.05, 0.1) is 7.11 Å². The second-order valence-electron chi connectivity index (χ2n) is 4.24. The average molecular weight is 361 g/mol. The fraction of sp³-hybridized carbons (Fsp3) is 0.0588. The molecule has 0 N–H and O–H groups in total. The molecule has 0 amide bonds. The van der Waals surface area contributed by atoms with Crippen molar-refractivity contribution < 1.29 is 25.9 Å². The van der Waals surface area contributed by atoms with Gasteiger partial charge in [-0.1, -0.05) is 24.3 Å². The molecule has 0 saturated heterocycles. The number of methoxy groups -OCH3 is 1. The topological polar surface area (TPSA) is 9.23 Å². The molecule has 0 unspecified atom stereocenters. The van der Waals surface area contributed by atoms with Gasteiger partial charge in [0, 0.05) is 0 Å². The SMILES string of the molecule is COc1ccc([I+]c2ccc3ccccc3c2)cc1. The van der Waals surface area contributed by atoms with Crippen molar-refractivity contribution in [2.24, 2.45) is 0 Å². The first-order chi connectivity index (χ1) is 9.35. The van der Waals surface area contributed by atoms with Crippen LogP contribution < -0.4 is 25.9 Å². The van der Waals surface area contributed by atoms with E-state index in [1.54, 1.807) is 7.11 Å². The lowest BCUT2D eigenvalue weighted by molar-refractivity contribution is -0.597. The smallest absolute Gasteiger partial charge is 0.357 e. The third kappa shape index (κ3) is 2.89. The zero-order valence-electron chi connectivity index (χ0n) is 10.6. The Morgan fingerprint density at radius 2 is 1.42 bits per heavy atom. The lowest BCUT2D eigenvalue weighted by atomic mass is 10.1. The summed E-state index contributed by atoms with van der Waals surface area (Å²) in [6.07, 6.45) is 0. The molecule has 0 fully saturated rings. The largest absolute Gasteiger partial charge is 0.497 e. The monoisotopic (exact) mass is 361 g/mol. The van der Waals surface area contributed by atoms with Gasteiger partial charge < -0.3 is 4.74 Å². The molecule has 3 rings (SSSR count). The summed E-state index contributed by atoms with van der Waals surface area (Å²) in [6, 6.07) is 23.7. The normalized spacial score (nSPS) is 10.6. The van der Waals surface area contributed by atoms with Crippen molar-refractivity contribution in [3.63, 3.8) is 0 Å². The van der Waals surface area contributed by atoms with E-state index in [0.29, 0.717) is 0 Å². The van der Waals surface area contributed by atoms with Crippen molar-refractivity contribution in [2.75, 3.05) is 7.11 Å². The Bertz CT molecular complexity index is 689. The lowest BCUT2D eigenvalue weighted by Gasteiger charge is -1.97. The van der Waals surface area contributed by atoms with Gasteiger partial charge in [0.15, 0.2) is 7.14 Å². The van der Waals surface area contributed by atoms with Crippen LogP contribution in [0.2, 0.25) is 0 Å². The zero-order valence-corrected chi connectivity index (χ0v) is 12.8. The Labute approximate surface area is 123 Å². The maximum atomic E-state index is 5.19. The van der Waals surface area contributed by atoms with E-state index in [-0.39, 0.29) is 21.2 Å². The number of halogens is 1. The summed E-state index contributed by atoms with van der Waals surface area (Å²) in [6.45, 7) is 0. The predicted octanol–water partition coefficient (Wildman–Crippen LogP) is 0.977. The first kappa shape index (κ1) is 12.5. The summed E-state index contributed by atoms with van der Waals surface area (Å²) in [5.74, 6) is 0.922. The summed E-state index contributed by atoms with van der Waals surface area (Å²) in [5.41, 5.74) is 0. The Morgan fingerprint density at radius 3 is 2.16 bits per heavy atom. The Kier molecular flexibility index (Phi) is 3.69. The lowest BCUT2D eigenvalue weighted by Crippen LogP contribution is -3.61. The van der Waals surface area contributed by atoms with Crippen LogP contribution in [0.5, 0.6) is 5.75 Å². The van der Waals surface area contributed by atoms with Crippen LogP contribution in [0.1, 0.15) is 0 Å². The third-order valence-corrected chi connectivity index (χ3v) is 5.61. The van der Waals surface area contributed by atoms with Gasteiger partial charge in [-0.05, 0) is 53.2 Å². The van der Waals surface area contributed by atoms with Crippen molar-refractivity contribution in [2.45, 2.75) is 0 Å². The molecule has 0 radical (unpaired) electrons. The first-order valence-corrected chi connectivity index (χ1v) is 8.28. The Morgan fingerprint density at radius 1 is 0.737 bits per heavy atom. The van der Waals surface area contributed by atoms with Crippen LogP contribution in [0.25, 0.3) is 10.8 Å². The fourth-order valence-electron chi connectivity index (χ4n) is 1.98. The van der Waals surface area contributed by atoms with Crippen LogP contribution >= 0.6 is 0 Å². The molecule has 0 saturated carbocycles. The van der Waals surface area contributed by atoms with Gasteiger partial charge in [0.25, 0.3) is 0 Å². The average Bonchev–Trinajstić information content (AvgIpc) is 2.48. The van der Waals surface area contributed by atoms with E-state index >= 15 is 0 Å². The van der Waals surface area contributed by atoms with Gasteiger partial charge in [-0.3, -0.25) is 0 Å². The zero-order chi connectivity index (χ0) is 13.1. The fourth-order valence-corrected chi connectivity index (χ4v) is 4.27. The van der Waals surface area contributed by atoms with Crippen molar-refractivity contribution in [3.8, 4) is 5.75 Å². The van der Waals surface area contributed by atoms with E-state index in [1.807, 2.05) is 12.1 Å². The van der Waals surface area contributed by atoms with Crippen molar-refractivity contribution in [1.29, 1.82) is 0 Å². The summed E-state index contributed by atoms with van der Waals surface area (Å²) in [5, 5.41) is 2.64. The van der Waals surface area contributed by atoms with E-state index in [1.165, 1.54) is 17.9 Å². The highest BCUT2D eigenvalue weighted by Gasteiger charge is 2.15. The predicted molar refractivity (Wildman–Crippen MR) is 74.3 cm³/mol. The highest BCUT2D eigenvalue weighted by Crippen LogP contribution is 2.11. The number of fused-ring (bicyclic) bond motifs is 1. The molecule has 0 aliphatic carbocycles. The molecule has 0 aliphatic heterocycles. The van der Waals surface area contributed by atoms with E-state index in [4.69, 9.17) is 4.74 Å². The second kappa shape index (κ2) is 5.61.